The van der Waals surface area contributed by atoms with Crippen LogP contribution < -0.4 is 11.1 Å². The van der Waals surface area contributed by atoms with Crippen LogP contribution in [0.3, 0.4) is 0 Å². The number of ether oxygens (including phenoxy) is 1. The van der Waals surface area contributed by atoms with Crippen LogP contribution in [-0.4, -0.2) is 31.2 Å². The van der Waals surface area contributed by atoms with Gasteiger partial charge in [-0.25, -0.2) is 0 Å². The third-order valence-electron chi connectivity index (χ3n) is 3.33. The highest BCUT2D eigenvalue weighted by Gasteiger charge is 2.25. The number of carbonyl (C=O) groups is 1. The van der Waals surface area contributed by atoms with Gasteiger partial charge in [0, 0.05) is 20.1 Å². The van der Waals surface area contributed by atoms with Gasteiger partial charge in [0.2, 0.25) is 5.91 Å². The van der Waals surface area contributed by atoms with Crippen molar-refractivity contribution < 1.29 is 9.53 Å². The highest BCUT2D eigenvalue weighted by Crippen LogP contribution is 2.13. The number of nitrogens with one attached hydrogen (secondary N) is 1. The van der Waals surface area contributed by atoms with E-state index in [1.54, 1.807) is 7.11 Å². The van der Waals surface area contributed by atoms with E-state index in [0.717, 1.165) is 19.3 Å². The van der Waals surface area contributed by atoms with Crippen LogP contribution in [0.25, 0.3) is 0 Å². The lowest BCUT2D eigenvalue weighted by Crippen LogP contribution is -2.52. The van der Waals surface area contributed by atoms with Crippen molar-refractivity contribution in [2.45, 2.75) is 58.1 Å². The molecule has 0 fully saturated rings. The zero-order valence-electron chi connectivity index (χ0n) is 11.0. The van der Waals surface area contributed by atoms with Crippen LogP contribution in [0.1, 0.15) is 46.5 Å². The van der Waals surface area contributed by atoms with Crippen LogP contribution in [0.2, 0.25) is 0 Å². The van der Waals surface area contributed by atoms with Crippen LogP contribution >= 0.6 is 0 Å². The molecule has 0 rings (SSSR count). The smallest absolute Gasteiger partial charge is 0.220 e. The second-order valence-corrected chi connectivity index (χ2v) is 4.32. The fourth-order valence-electron chi connectivity index (χ4n) is 1.58. The fourth-order valence-corrected chi connectivity index (χ4v) is 1.58. The normalized spacial score (nSPS) is 13.6. The van der Waals surface area contributed by atoms with Gasteiger partial charge in [-0.3, -0.25) is 4.79 Å². The summed E-state index contributed by atoms with van der Waals surface area (Å²) in [6, 6.07) is 0. The van der Waals surface area contributed by atoms with Crippen molar-refractivity contribution in [3.63, 3.8) is 0 Å². The van der Waals surface area contributed by atoms with Gasteiger partial charge in [0.1, 0.15) is 0 Å². The molecule has 0 heterocycles. The van der Waals surface area contributed by atoms with E-state index < -0.39 is 0 Å². The summed E-state index contributed by atoms with van der Waals surface area (Å²) in [6.45, 7) is 6.55. The summed E-state index contributed by atoms with van der Waals surface area (Å²) in [5, 5.41) is 3.04. The van der Waals surface area contributed by atoms with Gasteiger partial charge in [0.15, 0.2) is 0 Å². The van der Waals surface area contributed by atoms with Crippen LogP contribution in [0, 0.1) is 0 Å². The molecule has 0 aromatic carbocycles. The molecule has 1 unspecified atom stereocenters. The average Bonchev–Trinajstić information content (AvgIpc) is 2.33. The molecule has 0 saturated carbocycles. The van der Waals surface area contributed by atoms with Crippen molar-refractivity contribution in [3.05, 3.63) is 0 Å². The Morgan fingerprint density at radius 3 is 2.38 bits per heavy atom. The molecule has 4 nitrogen and oxygen atoms in total. The largest absolute Gasteiger partial charge is 0.382 e. The van der Waals surface area contributed by atoms with Crippen LogP contribution in [-0.2, 0) is 9.53 Å². The predicted molar refractivity (Wildman–Crippen MR) is 66.2 cm³/mol. The average molecular weight is 230 g/mol. The maximum atomic E-state index is 11.7. The zero-order chi connectivity index (χ0) is 12.6. The molecule has 0 aromatic heterocycles. The Balaban J connectivity index is 4.10. The predicted octanol–water partition coefficient (Wildman–Crippen LogP) is 1.44. The number of amides is 1. The molecule has 0 aliphatic heterocycles. The summed E-state index contributed by atoms with van der Waals surface area (Å²) < 4.78 is 5.10. The second-order valence-electron chi connectivity index (χ2n) is 4.32. The van der Waals surface area contributed by atoms with Gasteiger partial charge in [-0.1, -0.05) is 13.8 Å². The molecule has 4 heteroatoms. The summed E-state index contributed by atoms with van der Waals surface area (Å²) in [6.07, 6.45) is 3.10. The lowest BCUT2D eigenvalue weighted by molar-refractivity contribution is -0.123. The zero-order valence-corrected chi connectivity index (χ0v) is 11.0. The summed E-state index contributed by atoms with van der Waals surface area (Å²) >= 11 is 0. The van der Waals surface area contributed by atoms with E-state index in [1.165, 1.54) is 0 Å². The molecule has 0 aliphatic carbocycles. The highest BCUT2D eigenvalue weighted by molar-refractivity contribution is 5.76. The quantitative estimate of drug-likeness (QED) is 0.663. The SMILES string of the molecule is CCC(CC)(CN)NC(=O)CCC(C)OC. The number of rotatable bonds is 8. The Hall–Kier alpha value is -0.610. The van der Waals surface area contributed by atoms with Crippen molar-refractivity contribution in [1.82, 2.24) is 5.32 Å². The molecule has 0 aliphatic rings. The third-order valence-corrected chi connectivity index (χ3v) is 3.33. The first-order valence-corrected chi connectivity index (χ1v) is 6.07. The Kier molecular flexibility index (Phi) is 7.34. The standard InChI is InChI=1S/C12H26N2O2/c1-5-12(6-2,9-13)14-11(15)8-7-10(3)16-4/h10H,5-9,13H2,1-4H3,(H,14,15). The molecule has 0 bridgehead atoms. The van der Waals surface area contributed by atoms with Gasteiger partial charge in [0.05, 0.1) is 11.6 Å². The van der Waals surface area contributed by atoms with E-state index in [1.807, 2.05) is 6.92 Å². The summed E-state index contributed by atoms with van der Waals surface area (Å²) in [5.41, 5.74) is 5.49. The number of hydrogen-bond acceptors (Lipinski definition) is 3. The van der Waals surface area contributed by atoms with E-state index in [4.69, 9.17) is 10.5 Å². The molecular weight excluding hydrogens is 204 g/mol. The molecule has 1 amide bonds. The van der Waals surface area contributed by atoms with E-state index >= 15 is 0 Å². The Labute approximate surface area is 98.9 Å². The fraction of sp³-hybridized carbons (Fsp3) is 0.917. The monoisotopic (exact) mass is 230 g/mol. The van der Waals surface area contributed by atoms with E-state index in [-0.39, 0.29) is 17.6 Å². The van der Waals surface area contributed by atoms with Gasteiger partial charge in [0.25, 0.3) is 0 Å². The minimum atomic E-state index is -0.229. The van der Waals surface area contributed by atoms with Crippen molar-refractivity contribution in [2.24, 2.45) is 5.73 Å². The summed E-state index contributed by atoms with van der Waals surface area (Å²) in [5.74, 6) is 0.0676. The third kappa shape index (κ3) is 4.94. The Bertz CT molecular complexity index is 195. The number of carbonyl (C=O) groups excluding carboxylic acids is 1. The van der Waals surface area contributed by atoms with Crippen LogP contribution in [0.4, 0.5) is 0 Å². The van der Waals surface area contributed by atoms with E-state index in [0.29, 0.717) is 13.0 Å². The van der Waals surface area contributed by atoms with Crippen molar-refractivity contribution >= 4 is 5.91 Å². The summed E-state index contributed by atoms with van der Waals surface area (Å²) in [7, 11) is 1.66. The highest BCUT2D eigenvalue weighted by atomic mass is 16.5. The minimum absolute atomic E-state index is 0.0676. The van der Waals surface area contributed by atoms with Gasteiger partial charge >= 0.3 is 0 Å². The second kappa shape index (κ2) is 7.63. The van der Waals surface area contributed by atoms with E-state index in [9.17, 15) is 4.79 Å². The van der Waals surface area contributed by atoms with Gasteiger partial charge in [-0.05, 0) is 26.2 Å². The van der Waals surface area contributed by atoms with Gasteiger partial charge in [-0.15, -0.1) is 0 Å². The van der Waals surface area contributed by atoms with Gasteiger partial charge in [-0.2, -0.15) is 0 Å². The molecular formula is C12H26N2O2. The van der Waals surface area contributed by atoms with Crippen LogP contribution in [0.5, 0.6) is 0 Å². The lowest BCUT2D eigenvalue weighted by Gasteiger charge is -2.31. The van der Waals surface area contributed by atoms with Crippen molar-refractivity contribution in [1.29, 1.82) is 0 Å². The molecule has 0 spiro atoms. The maximum Gasteiger partial charge on any atom is 0.220 e. The topological polar surface area (TPSA) is 64.3 Å². The Morgan fingerprint density at radius 1 is 1.44 bits per heavy atom. The summed E-state index contributed by atoms with van der Waals surface area (Å²) in [4.78, 5) is 11.7. The molecule has 0 radical (unpaired) electrons. The molecule has 96 valence electrons. The number of methoxy groups -OCH3 is 1. The number of hydrogen-bond donors (Lipinski definition) is 2. The van der Waals surface area contributed by atoms with Gasteiger partial charge < -0.3 is 15.8 Å². The van der Waals surface area contributed by atoms with Crippen molar-refractivity contribution in [3.8, 4) is 0 Å². The molecule has 0 aromatic rings. The first-order valence-electron chi connectivity index (χ1n) is 6.07. The minimum Gasteiger partial charge on any atom is -0.382 e. The van der Waals surface area contributed by atoms with Crippen LogP contribution in [0.15, 0.2) is 0 Å². The lowest BCUT2D eigenvalue weighted by atomic mass is 9.92. The molecule has 3 N–H and O–H groups in total. The molecule has 0 saturated heterocycles. The first kappa shape index (κ1) is 15.4. The molecule has 1 atom stereocenters. The Morgan fingerprint density at radius 2 is 2.00 bits per heavy atom. The van der Waals surface area contributed by atoms with E-state index in [2.05, 4.69) is 19.2 Å². The first-order chi connectivity index (χ1) is 7.53. The number of nitrogens with two attached hydrogens (primary N) is 1. The van der Waals surface area contributed by atoms with Crippen molar-refractivity contribution in [2.75, 3.05) is 13.7 Å². The maximum absolute atomic E-state index is 11.7. The molecule has 16 heavy (non-hydrogen) atoms.